The molecular weight excluding hydrogens is 322 g/mol. The molecule has 3 rings (SSSR count). The van der Waals surface area contributed by atoms with Crippen LogP contribution in [0.15, 0.2) is 12.3 Å². The smallest absolute Gasteiger partial charge is 0.256 e. The summed E-state index contributed by atoms with van der Waals surface area (Å²) in [6.07, 6.45) is 7.80. The van der Waals surface area contributed by atoms with Crippen molar-refractivity contribution < 1.29 is 9.53 Å². The average Bonchev–Trinajstić information content (AvgIpc) is 2.59. The second-order valence-electron chi connectivity index (χ2n) is 6.88. The zero-order valence-electron chi connectivity index (χ0n) is 14.3. The number of aryl methyl sites for hydroxylation is 1. The highest BCUT2D eigenvalue weighted by molar-refractivity contribution is 7.99. The van der Waals surface area contributed by atoms with Gasteiger partial charge in [-0.15, -0.1) is 0 Å². The summed E-state index contributed by atoms with van der Waals surface area (Å²) in [6, 6.07) is 2.36. The highest BCUT2D eigenvalue weighted by Crippen LogP contribution is 2.25. The molecule has 5 nitrogen and oxygen atoms in total. The highest BCUT2D eigenvalue weighted by Gasteiger charge is 2.24. The fourth-order valence-electron chi connectivity index (χ4n) is 3.29. The van der Waals surface area contributed by atoms with Gasteiger partial charge in [0.15, 0.2) is 0 Å². The van der Waals surface area contributed by atoms with Crippen molar-refractivity contribution in [1.82, 2.24) is 10.3 Å². The average molecular weight is 350 g/mol. The molecule has 2 aliphatic rings. The number of ether oxygens (including phenoxy) is 1. The SMILES string of the molecule is Cc1cnc(OC2CCSCC2)c(C(=O)N[C@H]2CC[C@@H](N)CC2)c1. The monoisotopic (exact) mass is 349 g/mol. The lowest BCUT2D eigenvalue weighted by Crippen LogP contribution is -2.40. The van der Waals surface area contributed by atoms with E-state index in [2.05, 4.69) is 10.3 Å². The minimum absolute atomic E-state index is 0.0770. The third kappa shape index (κ3) is 4.63. The standard InChI is InChI=1S/C18H27N3O2S/c1-12-10-16(17(22)21-14-4-2-13(19)3-5-14)18(20-11-12)23-15-6-8-24-9-7-15/h10-11,13-15H,2-9,19H2,1H3,(H,21,22)/t13-,14+. The van der Waals surface area contributed by atoms with E-state index in [1.165, 1.54) is 0 Å². The van der Waals surface area contributed by atoms with Crippen LogP contribution in [0.4, 0.5) is 0 Å². The van der Waals surface area contributed by atoms with Gasteiger partial charge >= 0.3 is 0 Å². The summed E-state index contributed by atoms with van der Waals surface area (Å²) in [5, 5.41) is 3.14. The predicted octanol–water partition coefficient (Wildman–Crippen LogP) is 2.66. The zero-order valence-corrected chi connectivity index (χ0v) is 15.1. The van der Waals surface area contributed by atoms with Crippen LogP contribution in [0, 0.1) is 6.92 Å². The van der Waals surface area contributed by atoms with Crippen molar-refractivity contribution in [2.45, 2.75) is 63.6 Å². The third-order valence-corrected chi connectivity index (χ3v) is 5.83. The molecule has 0 radical (unpaired) electrons. The first-order valence-corrected chi connectivity index (χ1v) is 10.0. The van der Waals surface area contributed by atoms with Gasteiger partial charge in [0, 0.05) is 18.3 Å². The van der Waals surface area contributed by atoms with Crippen molar-refractivity contribution in [3.05, 3.63) is 23.4 Å². The van der Waals surface area contributed by atoms with Gasteiger partial charge in [-0.2, -0.15) is 11.8 Å². The van der Waals surface area contributed by atoms with Crippen molar-refractivity contribution in [3.8, 4) is 5.88 Å². The number of aromatic nitrogens is 1. The van der Waals surface area contributed by atoms with E-state index in [1.54, 1.807) is 6.20 Å². The van der Waals surface area contributed by atoms with E-state index in [0.29, 0.717) is 11.4 Å². The van der Waals surface area contributed by atoms with E-state index in [1.807, 2.05) is 24.8 Å². The molecule has 2 fully saturated rings. The maximum absolute atomic E-state index is 12.7. The van der Waals surface area contributed by atoms with Crippen molar-refractivity contribution in [3.63, 3.8) is 0 Å². The number of carbonyl (C=O) groups excluding carboxylic acids is 1. The summed E-state index contributed by atoms with van der Waals surface area (Å²) in [4.78, 5) is 17.1. The van der Waals surface area contributed by atoms with Crippen LogP contribution in [-0.2, 0) is 0 Å². The van der Waals surface area contributed by atoms with Crippen LogP contribution in [0.2, 0.25) is 0 Å². The summed E-state index contributed by atoms with van der Waals surface area (Å²) < 4.78 is 6.06. The van der Waals surface area contributed by atoms with E-state index in [9.17, 15) is 4.79 Å². The van der Waals surface area contributed by atoms with E-state index in [4.69, 9.17) is 10.5 Å². The molecule has 1 aromatic rings. The molecule has 1 saturated carbocycles. The minimum atomic E-state index is -0.0770. The lowest BCUT2D eigenvalue weighted by molar-refractivity contribution is 0.0915. The lowest BCUT2D eigenvalue weighted by atomic mass is 9.91. The summed E-state index contributed by atoms with van der Waals surface area (Å²) in [5.41, 5.74) is 7.47. The maximum atomic E-state index is 12.7. The Kier molecular flexibility index (Phi) is 6.00. The molecule has 1 saturated heterocycles. The topological polar surface area (TPSA) is 77.2 Å². The zero-order chi connectivity index (χ0) is 16.9. The maximum Gasteiger partial charge on any atom is 0.256 e. The fraction of sp³-hybridized carbons (Fsp3) is 0.667. The quantitative estimate of drug-likeness (QED) is 0.874. The Morgan fingerprint density at radius 1 is 1.25 bits per heavy atom. The summed E-state index contributed by atoms with van der Waals surface area (Å²) in [5.74, 6) is 2.62. The van der Waals surface area contributed by atoms with Crippen LogP contribution >= 0.6 is 11.8 Å². The van der Waals surface area contributed by atoms with Gasteiger partial charge in [0.25, 0.3) is 5.91 Å². The van der Waals surface area contributed by atoms with E-state index < -0.39 is 0 Å². The molecule has 0 aromatic carbocycles. The second-order valence-corrected chi connectivity index (χ2v) is 8.10. The van der Waals surface area contributed by atoms with Crippen molar-refractivity contribution in [2.75, 3.05) is 11.5 Å². The van der Waals surface area contributed by atoms with E-state index in [-0.39, 0.29) is 24.1 Å². The van der Waals surface area contributed by atoms with Gasteiger partial charge in [0.2, 0.25) is 5.88 Å². The van der Waals surface area contributed by atoms with Crippen LogP contribution in [0.3, 0.4) is 0 Å². The number of pyridine rings is 1. The molecular formula is C18H27N3O2S. The van der Waals surface area contributed by atoms with Gasteiger partial charge in [-0.25, -0.2) is 4.98 Å². The number of nitrogens with zero attached hydrogens (tertiary/aromatic N) is 1. The van der Waals surface area contributed by atoms with E-state index in [0.717, 1.165) is 55.6 Å². The number of nitrogens with two attached hydrogens (primary N) is 1. The molecule has 3 N–H and O–H groups in total. The van der Waals surface area contributed by atoms with Gasteiger partial charge in [0.05, 0.1) is 0 Å². The molecule has 1 aliphatic heterocycles. The summed E-state index contributed by atoms with van der Waals surface area (Å²) in [6.45, 7) is 1.95. The number of hydrogen-bond donors (Lipinski definition) is 2. The van der Waals surface area contributed by atoms with E-state index >= 15 is 0 Å². The number of hydrogen-bond acceptors (Lipinski definition) is 5. The van der Waals surface area contributed by atoms with Gasteiger partial charge in [-0.05, 0) is 68.6 Å². The van der Waals surface area contributed by atoms with Crippen LogP contribution in [0.5, 0.6) is 5.88 Å². The molecule has 0 bridgehead atoms. The third-order valence-electron chi connectivity index (χ3n) is 4.79. The van der Waals surface area contributed by atoms with Gasteiger partial charge in [0.1, 0.15) is 11.7 Å². The molecule has 0 atom stereocenters. The number of carbonyl (C=O) groups is 1. The molecule has 24 heavy (non-hydrogen) atoms. The Morgan fingerprint density at radius 3 is 2.67 bits per heavy atom. The molecule has 1 aliphatic carbocycles. The molecule has 0 spiro atoms. The van der Waals surface area contributed by atoms with Crippen molar-refractivity contribution >= 4 is 17.7 Å². The Bertz CT molecular complexity index is 567. The molecule has 132 valence electrons. The second kappa shape index (κ2) is 8.21. The van der Waals surface area contributed by atoms with Crippen LogP contribution in [0.25, 0.3) is 0 Å². The van der Waals surface area contributed by atoms with Crippen LogP contribution in [0.1, 0.15) is 54.4 Å². The normalized spacial score (nSPS) is 25.2. The molecule has 6 heteroatoms. The predicted molar refractivity (Wildman–Crippen MR) is 97.6 cm³/mol. The first-order chi connectivity index (χ1) is 11.6. The molecule has 1 amide bonds. The van der Waals surface area contributed by atoms with Crippen molar-refractivity contribution in [1.29, 1.82) is 0 Å². The van der Waals surface area contributed by atoms with Gasteiger partial charge in [-0.3, -0.25) is 4.79 Å². The highest BCUT2D eigenvalue weighted by atomic mass is 32.2. The Hall–Kier alpha value is -1.27. The van der Waals surface area contributed by atoms with Gasteiger partial charge in [-0.1, -0.05) is 0 Å². The first-order valence-electron chi connectivity index (χ1n) is 8.89. The first kappa shape index (κ1) is 17.5. The van der Waals surface area contributed by atoms with Crippen molar-refractivity contribution in [2.24, 2.45) is 5.73 Å². The number of rotatable bonds is 4. The molecule has 2 heterocycles. The van der Waals surface area contributed by atoms with Crippen LogP contribution < -0.4 is 15.8 Å². The number of thioether (sulfide) groups is 1. The number of nitrogens with one attached hydrogen (secondary N) is 1. The van der Waals surface area contributed by atoms with Gasteiger partial charge < -0.3 is 15.8 Å². The Labute approximate surface area is 148 Å². The summed E-state index contributed by atoms with van der Waals surface area (Å²) >= 11 is 1.96. The number of amides is 1. The Balaban J connectivity index is 1.68. The van der Waals surface area contributed by atoms with Crippen LogP contribution in [-0.4, -0.2) is 40.6 Å². The fourth-order valence-corrected chi connectivity index (χ4v) is 4.35. The Morgan fingerprint density at radius 2 is 1.96 bits per heavy atom. The summed E-state index contributed by atoms with van der Waals surface area (Å²) in [7, 11) is 0. The molecule has 0 unspecified atom stereocenters. The lowest BCUT2D eigenvalue weighted by Gasteiger charge is -2.27. The molecule has 1 aromatic heterocycles. The minimum Gasteiger partial charge on any atom is -0.474 e. The largest absolute Gasteiger partial charge is 0.474 e.